The molecule has 2 aromatic rings. The van der Waals surface area contributed by atoms with E-state index in [-0.39, 0.29) is 5.41 Å². The van der Waals surface area contributed by atoms with Crippen LogP contribution in [0.3, 0.4) is 0 Å². The Bertz CT molecular complexity index is 780. The quantitative estimate of drug-likeness (QED) is 0.631. The fraction of sp³-hybridized carbons (Fsp3) is 0.474. The third-order valence-corrected chi connectivity index (χ3v) is 5.18. The SMILES string of the molecule is CC(C)(C)c1nc(CCN=C(N)Nc2ccc3c(c2)OCCCO3)cs1. The molecule has 6 nitrogen and oxygen atoms in total. The maximum Gasteiger partial charge on any atom is 0.193 e. The first kappa shape index (κ1) is 18.5. The summed E-state index contributed by atoms with van der Waals surface area (Å²) in [5, 5.41) is 6.35. The molecule has 0 atom stereocenters. The van der Waals surface area contributed by atoms with Crippen molar-refractivity contribution in [1.29, 1.82) is 0 Å². The number of thiazole rings is 1. The predicted molar refractivity (Wildman–Crippen MR) is 107 cm³/mol. The number of nitrogens with one attached hydrogen (secondary N) is 1. The predicted octanol–water partition coefficient (Wildman–Crippen LogP) is 3.57. The molecule has 1 aliphatic rings. The molecule has 1 aromatic heterocycles. The summed E-state index contributed by atoms with van der Waals surface area (Å²) >= 11 is 1.70. The van der Waals surface area contributed by atoms with E-state index in [9.17, 15) is 0 Å². The first-order valence-corrected chi connectivity index (χ1v) is 9.71. The lowest BCUT2D eigenvalue weighted by atomic mass is 9.98. The van der Waals surface area contributed by atoms with Gasteiger partial charge >= 0.3 is 0 Å². The number of fused-ring (bicyclic) bond motifs is 1. The van der Waals surface area contributed by atoms with E-state index in [4.69, 9.17) is 15.2 Å². The van der Waals surface area contributed by atoms with Gasteiger partial charge in [-0.05, 0) is 12.1 Å². The number of hydrogen-bond acceptors (Lipinski definition) is 5. The minimum absolute atomic E-state index is 0.0872. The van der Waals surface area contributed by atoms with Gasteiger partial charge in [-0.3, -0.25) is 4.99 Å². The highest BCUT2D eigenvalue weighted by atomic mass is 32.1. The average Bonchev–Trinajstić information content (AvgIpc) is 2.94. The minimum atomic E-state index is 0.0872. The van der Waals surface area contributed by atoms with Crippen molar-refractivity contribution in [2.45, 2.75) is 39.0 Å². The average molecular weight is 375 g/mol. The Morgan fingerprint density at radius 3 is 2.77 bits per heavy atom. The molecule has 26 heavy (non-hydrogen) atoms. The summed E-state index contributed by atoms with van der Waals surface area (Å²) in [7, 11) is 0. The van der Waals surface area contributed by atoms with E-state index in [2.05, 4.69) is 41.4 Å². The summed E-state index contributed by atoms with van der Waals surface area (Å²) < 4.78 is 11.3. The molecule has 0 saturated carbocycles. The smallest absolute Gasteiger partial charge is 0.193 e. The second-order valence-corrected chi connectivity index (χ2v) is 8.11. The molecule has 0 aliphatic carbocycles. The van der Waals surface area contributed by atoms with Gasteiger partial charge in [-0.15, -0.1) is 11.3 Å². The Hall–Kier alpha value is -2.28. The van der Waals surface area contributed by atoms with Crippen LogP contribution in [0.1, 0.15) is 37.9 Å². The Morgan fingerprint density at radius 1 is 1.27 bits per heavy atom. The van der Waals surface area contributed by atoms with Gasteiger partial charge in [0.1, 0.15) is 0 Å². The van der Waals surface area contributed by atoms with Gasteiger partial charge in [0, 0.05) is 41.9 Å². The van der Waals surface area contributed by atoms with Gasteiger partial charge in [0.2, 0.25) is 0 Å². The van der Waals surface area contributed by atoms with E-state index >= 15 is 0 Å². The van der Waals surface area contributed by atoms with Crippen LogP contribution >= 0.6 is 11.3 Å². The van der Waals surface area contributed by atoms with E-state index in [0.717, 1.165) is 40.7 Å². The van der Waals surface area contributed by atoms with Crippen molar-refractivity contribution in [3.05, 3.63) is 34.3 Å². The number of nitrogens with two attached hydrogens (primary N) is 1. The molecule has 0 unspecified atom stereocenters. The molecule has 0 radical (unpaired) electrons. The fourth-order valence-corrected chi connectivity index (χ4v) is 3.43. The van der Waals surface area contributed by atoms with Gasteiger partial charge in [-0.2, -0.15) is 0 Å². The molecule has 0 fully saturated rings. The van der Waals surface area contributed by atoms with Crippen LogP contribution in [0, 0.1) is 0 Å². The maximum absolute atomic E-state index is 6.00. The second kappa shape index (κ2) is 7.95. The van der Waals surface area contributed by atoms with Crippen LogP contribution in [0.2, 0.25) is 0 Å². The first-order chi connectivity index (χ1) is 12.4. The number of benzene rings is 1. The number of ether oxygens (including phenoxy) is 2. The lowest BCUT2D eigenvalue weighted by Gasteiger charge is -2.13. The maximum atomic E-state index is 6.00. The zero-order valence-electron chi connectivity index (χ0n) is 15.5. The monoisotopic (exact) mass is 374 g/mol. The van der Waals surface area contributed by atoms with Crippen LogP contribution in [-0.2, 0) is 11.8 Å². The fourth-order valence-electron chi connectivity index (χ4n) is 2.49. The van der Waals surface area contributed by atoms with Gasteiger partial charge in [-0.25, -0.2) is 4.98 Å². The number of aromatic nitrogens is 1. The largest absolute Gasteiger partial charge is 0.490 e. The topological polar surface area (TPSA) is 81.8 Å². The Balaban J connectivity index is 1.55. The molecule has 0 amide bonds. The van der Waals surface area contributed by atoms with Crippen molar-refractivity contribution >= 4 is 23.0 Å². The van der Waals surface area contributed by atoms with Gasteiger partial charge in [0.15, 0.2) is 17.5 Å². The number of aliphatic imine (C=N–C) groups is 1. The van der Waals surface area contributed by atoms with Crippen LogP contribution in [0.5, 0.6) is 11.5 Å². The Labute approximate surface area is 158 Å². The van der Waals surface area contributed by atoms with Gasteiger partial charge in [-0.1, -0.05) is 20.8 Å². The summed E-state index contributed by atoms with van der Waals surface area (Å²) in [4.78, 5) is 9.07. The van der Waals surface area contributed by atoms with Crippen molar-refractivity contribution in [2.75, 3.05) is 25.1 Å². The zero-order chi connectivity index (χ0) is 18.6. The van der Waals surface area contributed by atoms with E-state index in [0.29, 0.717) is 25.7 Å². The summed E-state index contributed by atoms with van der Waals surface area (Å²) in [5.41, 5.74) is 7.98. The molecule has 7 heteroatoms. The number of nitrogens with zero attached hydrogens (tertiary/aromatic N) is 2. The van der Waals surface area contributed by atoms with E-state index in [1.54, 1.807) is 11.3 Å². The highest BCUT2D eigenvalue weighted by Gasteiger charge is 2.17. The third-order valence-electron chi connectivity index (χ3n) is 3.86. The van der Waals surface area contributed by atoms with Crippen LogP contribution in [0.25, 0.3) is 0 Å². The molecule has 1 aromatic carbocycles. The molecule has 3 N–H and O–H groups in total. The van der Waals surface area contributed by atoms with Crippen molar-refractivity contribution < 1.29 is 9.47 Å². The molecule has 0 saturated heterocycles. The summed E-state index contributed by atoms with van der Waals surface area (Å²) in [6, 6.07) is 5.69. The molecule has 3 rings (SSSR count). The summed E-state index contributed by atoms with van der Waals surface area (Å²) in [6.07, 6.45) is 1.66. The van der Waals surface area contributed by atoms with Crippen LogP contribution in [0.15, 0.2) is 28.6 Å². The number of guanidine groups is 1. The van der Waals surface area contributed by atoms with Gasteiger partial charge < -0.3 is 20.5 Å². The lowest BCUT2D eigenvalue weighted by Crippen LogP contribution is -2.23. The number of hydrogen-bond donors (Lipinski definition) is 2. The van der Waals surface area contributed by atoms with Crippen LogP contribution in [0.4, 0.5) is 5.69 Å². The van der Waals surface area contributed by atoms with E-state index in [1.165, 1.54) is 0 Å². The Kier molecular flexibility index (Phi) is 5.66. The number of anilines is 1. The summed E-state index contributed by atoms with van der Waals surface area (Å²) in [6.45, 7) is 8.44. The molecular weight excluding hydrogens is 348 g/mol. The molecular formula is C19H26N4O2S. The standard InChI is InChI=1S/C19H26N4O2S/c1-19(2,3)17-22-14(12-26-17)7-8-21-18(20)23-13-5-6-15-16(11-13)25-10-4-9-24-15/h5-6,11-12H,4,7-10H2,1-3H3,(H3,20,21,23). The third kappa shape index (κ3) is 4.88. The normalized spacial score (nSPS) is 14.8. The first-order valence-electron chi connectivity index (χ1n) is 8.83. The molecule has 0 bridgehead atoms. The highest BCUT2D eigenvalue weighted by molar-refractivity contribution is 7.09. The molecule has 1 aliphatic heterocycles. The molecule has 140 valence electrons. The van der Waals surface area contributed by atoms with Gasteiger partial charge in [0.05, 0.1) is 23.9 Å². The van der Waals surface area contributed by atoms with Crippen molar-refractivity contribution in [2.24, 2.45) is 10.7 Å². The summed E-state index contributed by atoms with van der Waals surface area (Å²) in [5.74, 6) is 1.88. The zero-order valence-corrected chi connectivity index (χ0v) is 16.4. The van der Waals surface area contributed by atoms with E-state index < -0.39 is 0 Å². The van der Waals surface area contributed by atoms with Crippen molar-refractivity contribution in [1.82, 2.24) is 4.98 Å². The van der Waals surface area contributed by atoms with Gasteiger partial charge in [0.25, 0.3) is 0 Å². The molecule has 2 heterocycles. The lowest BCUT2D eigenvalue weighted by molar-refractivity contribution is 0.297. The number of rotatable bonds is 4. The van der Waals surface area contributed by atoms with Crippen LogP contribution < -0.4 is 20.5 Å². The second-order valence-electron chi connectivity index (χ2n) is 7.25. The van der Waals surface area contributed by atoms with Crippen molar-refractivity contribution in [3.8, 4) is 11.5 Å². The van der Waals surface area contributed by atoms with E-state index in [1.807, 2.05) is 18.2 Å². The van der Waals surface area contributed by atoms with Crippen LogP contribution in [-0.4, -0.2) is 30.7 Å². The van der Waals surface area contributed by atoms with Crippen molar-refractivity contribution in [3.63, 3.8) is 0 Å². The minimum Gasteiger partial charge on any atom is -0.490 e. The Morgan fingerprint density at radius 2 is 2.04 bits per heavy atom. The highest BCUT2D eigenvalue weighted by Crippen LogP contribution is 2.32. The molecule has 0 spiro atoms.